The molecule has 1 aliphatic carbocycles. The molecule has 0 saturated heterocycles. The topological polar surface area (TPSA) is 64.1 Å². The Kier molecular flexibility index (Phi) is 4.77. The zero-order valence-electron chi connectivity index (χ0n) is 15.3. The van der Waals surface area contributed by atoms with Crippen molar-refractivity contribution in [1.29, 1.82) is 0 Å². The van der Waals surface area contributed by atoms with Crippen LogP contribution in [0.2, 0.25) is 0 Å². The summed E-state index contributed by atoms with van der Waals surface area (Å²) in [6, 6.07) is 12.1. The van der Waals surface area contributed by atoms with Gasteiger partial charge in [-0.15, -0.1) is 0 Å². The number of nitrogens with zero attached hydrogens (tertiary/aromatic N) is 2. The van der Waals surface area contributed by atoms with Gasteiger partial charge in [-0.3, -0.25) is 10.1 Å². The van der Waals surface area contributed by atoms with Gasteiger partial charge in [0.25, 0.3) is 0 Å². The fourth-order valence-electron chi connectivity index (χ4n) is 3.14. The van der Waals surface area contributed by atoms with Crippen LogP contribution >= 0.6 is 11.5 Å². The predicted octanol–water partition coefficient (Wildman–Crippen LogP) is 4.90. The molecule has 0 bridgehead atoms. The summed E-state index contributed by atoms with van der Waals surface area (Å²) in [6.07, 6.45) is -3.48. The number of amides is 1. The number of aromatic nitrogens is 2. The van der Waals surface area contributed by atoms with Gasteiger partial charge in [-0.25, -0.2) is 0 Å². The monoisotopic (exact) mass is 419 g/mol. The van der Waals surface area contributed by atoms with Crippen LogP contribution < -0.4 is 10.1 Å². The van der Waals surface area contributed by atoms with E-state index in [1.54, 1.807) is 31.4 Å². The molecule has 1 heterocycles. The zero-order valence-corrected chi connectivity index (χ0v) is 16.1. The van der Waals surface area contributed by atoms with Crippen molar-refractivity contribution in [2.75, 3.05) is 12.4 Å². The Hall–Kier alpha value is -2.94. The molecule has 1 aliphatic rings. The number of ether oxygens (including phenoxy) is 1. The van der Waals surface area contributed by atoms with Gasteiger partial charge in [-0.1, -0.05) is 30.3 Å². The first-order chi connectivity index (χ1) is 13.8. The number of methoxy groups -OCH3 is 1. The maximum absolute atomic E-state index is 13.0. The van der Waals surface area contributed by atoms with E-state index in [0.29, 0.717) is 35.1 Å². The first-order valence-corrected chi connectivity index (χ1v) is 9.56. The van der Waals surface area contributed by atoms with Crippen molar-refractivity contribution >= 4 is 22.6 Å². The Balaban J connectivity index is 1.54. The van der Waals surface area contributed by atoms with E-state index < -0.39 is 17.2 Å². The lowest BCUT2D eigenvalue weighted by atomic mass is 9.93. The fourth-order valence-corrected chi connectivity index (χ4v) is 3.72. The smallest absolute Gasteiger partial charge is 0.416 e. The number of hydrogen-bond donors (Lipinski definition) is 1. The van der Waals surface area contributed by atoms with Crippen molar-refractivity contribution in [3.05, 3.63) is 59.7 Å². The first kappa shape index (κ1) is 19.4. The molecule has 0 spiro atoms. The van der Waals surface area contributed by atoms with Crippen LogP contribution in [0.4, 0.5) is 18.3 Å². The van der Waals surface area contributed by atoms with Gasteiger partial charge < -0.3 is 4.74 Å². The zero-order chi connectivity index (χ0) is 20.6. The maximum Gasteiger partial charge on any atom is 0.416 e. The fraction of sp³-hybridized carbons (Fsp3) is 0.250. The molecule has 9 heteroatoms. The summed E-state index contributed by atoms with van der Waals surface area (Å²) in [6.45, 7) is 0. The third-order valence-corrected chi connectivity index (χ3v) is 5.53. The Morgan fingerprint density at radius 3 is 2.62 bits per heavy atom. The molecule has 3 aromatic rings. The Bertz CT molecular complexity index is 1060. The van der Waals surface area contributed by atoms with Gasteiger partial charge in [0.05, 0.1) is 18.1 Å². The molecule has 1 saturated carbocycles. The van der Waals surface area contributed by atoms with Crippen molar-refractivity contribution in [2.45, 2.75) is 24.4 Å². The van der Waals surface area contributed by atoms with E-state index in [1.165, 1.54) is 6.07 Å². The number of benzene rings is 2. The number of hydrogen-bond acceptors (Lipinski definition) is 5. The van der Waals surface area contributed by atoms with Crippen molar-refractivity contribution in [3.8, 4) is 17.1 Å². The molecule has 2 aromatic carbocycles. The van der Waals surface area contributed by atoms with Gasteiger partial charge in [-0.05, 0) is 36.6 Å². The van der Waals surface area contributed by atoms with E-state index in [-0.39, 0.29) is 5.91 Å². The van der Waals surface area contributed by atoms with E-state index in [1.807, 2.05) is 6.07 Å². The lowest BCUT2D eigenvalue weighted by Gasteiger charge is -2.16. The third kappa shape index (κ3) is 3.82. The number of anilines is 1. The minimum absolute atomic E-state index is 0.297. The van der Waals surface area contributed by atoms with Crippen LogP contribution in [-0.2, 0) is 16.4 Å². The normalized spacial score (nSPS) is 15.0. The molecule has 1 aromatic heterocycles. The molecular weight excluding hydrogens is 403 g/mol. The number of nitrogens with one attached hydrogen (secondary N) is 1. The van der Waals surface area contributed by atoms with Crippen LogP contribution in [0.15, 0.2) is 48.5 Å². The molecule has 150 valence electrons. The minimum Gasteiger partial charge on any atom is -0.497 e. The van der Waals surface area contributed by atoms with Crippen LogP contribution in [0, 0.1) is 0 Å². The summed E-state index contributed by atoms with van der Waals surface area (Å²) in [5, 5.41) is 3.01. The number of carbonyl (C=O) groups is 1. The van der Waals surface area contributed by atoms with Gasteiger partial charge in [0.2, 0.25) is 11.0 Å². The van der Waals surface area contributed by atoms with Crippen LogP contribution in [0.25, 0.3) is 11.4 Å². The standard InChI is InChI=1S/C20H16F3N3O2S/c1-28-15-7-2-4-12(10-15)16-24-18(29-26-16)25-17(27)19(8-9-19)13-5-3-6-14(11-13)20(21,22)23/h2-7,10-11H,8-9H2,1H3,(H,24,25,26,27). The molecular formula is C20H16F3N3O2S. The molecule has 5 nitrogen and oxygen atoms in total. The molecule has 0 aliphatic heterocycles. The number of rotatable bonds is 5. The largest absolute Gasteiger partial charge is 0.497 e. The lowest BCUT2D eigenvalue weighted by Crippen LogP contribution is -2.28. The number of carbonyl (C=O) groups excluding carboxylic acids is 1. The molecule has 1 fully saturated rings. The van der Waals surface area contributed by atoms with Gasteiger partial charge in [-0.2, -0.15) is 22.5 Å². The van der Waals surface area contributed by atoms with Crippen LogP contribution in [0.1, 0.15) is 24.0 Å². The summed E-state index contributed by atoms with van der Waals surface area (Å²) in [7, 11) is 1.56. The Morgan fingerprint density at radius 1 is 1.17 bits per heavy atom. The summed E-state index contributed by atoms with van der Waals surface area (Å²) < 4.78 is 48.5. The third-order valence-electron chi connectivity index (χ3n) is 4.90. The summed E-state index contributed by atoms with van der Waals surface area (Å²) in [4.78, 5) is 17.2. The summed E-state index contributed by atoms with van der Waals surface area (Å²) in [5.74, 6) is 0.725. The van der Waals surface area contributed by atoms with E-state index in [4.69, 9.17) is 4.74 Å². The van der Waals surface area contributed by atoms with Crippen molar-refractivity contribution in [2.24, 2.45) is 0 Å². The SMILES string of the molecule is COc1cccc(-c2nsc(NC(=O)C3(c4cccc(C(F)(F)F)c4)CC3)n2)c1. The van der Waals surface area contributed by atoms with Gasteiger partial charge in [0.15, 0.2) is 5.82 Å². The Labute approximate surface area is 168 Å². The molecule has 0 atom stereocenters. The highest BCUT2D eigenvalue weighted by molar-refractivity contribution is 7.10. The molecule has 1 amide bonds. The second kappa shape index (κ2) is 7.14. The average molecular weight is 419 g/mol. The van der Waals surface area contributed by atoms with E-state index in [0.717, 1.165) is 29.2 Å². The highest BCUT2D eigenvalue weighted by atomic mass is 32.1. The van der Waals surface area contributed by atoms with Gasteiger partial charge in [0, 0.05) is 17.1 Å². The average Bonchev–Trinajstić information content (AvgIpc) is 3.41. The lowest BCUT2D eigenvalue weighted by molar-refractivity contribution is -0.137. The number of halogens is 3. The van der Waals surface area contributed by atoms with Crippen molar-refractivity contribution in [1.82, 2.24) is 9.36 Å². The molecule has 0 radical (unpaired) electrons. The second-order valence-corrected chi connectivity index (χ2v) is 7.52. The van der Waals surface area contributed by atoms with Crippen LogP contribution in [0.5, 0.6) is 5.75 Å². The second-order valence-electron chi connectivity index (χ2n) is 6.77. The molecule has 0 unspecified atom stereocenters. The van der Waals surface area contributed by atoms with Crippen molar-refractivity contribution < 1.29 is 22.7 Å². The van der Waals surface area contributed by atoms with E-state index in [2.05, 4.69) is 14.7 Å². The van der Waals surface area contributed by atoms with Crippen molar-refractivity contribution in [3.63, 3.8) is 0 Å². The quantitative estimate of drug-likeness (QED) is 0.639. The van der Waals surface area contributed by atoms with Gasteiger partial charge in [0.1, 0.15) is 5.75 Å². The Morgan fingerprint density at radius 2 is 1.93 bits per heavy atom. The summed E-state index contributed by atoms with van der Waals surface area (Å²) >= 11 is 1.02. The van der Waals surface area contributed by atoms with E-state index in [9.17, 15) is 18.0 Å². The maximum atomic E-state index is 13.0. The molecule has 4 rings (SSSR count). The van der Waals surface area contributed by atoms with Crippen LogP contribution in [-0.4, -0.2) is 22.4 Å². The minimum atomic E-state index is -4.45. The highest BCUT2D eigenvalue weighted by Gasteiger charge is 2.52. The molecule has 29 heavy (non-hydrogen) atoms. The van der Waals surface area contributed by atoms with Crippen LogP contribution in [0.3, 0.4) is 0 Å². The van der Waals surface area contributed by atoms with Gasteiger partial charge >= 0.3 is 6.18 Å². The first-order valence-electron chi connectivity index (χ1n) is 8.79. The highest BCUT2D eigenvalue weighted by Crippen LogP contribution is 2.50. The molecule has 1 N–H and O–H groups in total. The van der Waals surface area contributed by atoms with E-state index >= 15 is 0 Å². The predicted molar refractivity (Wildman–Crippen MR) is 103 cm³/mol. The summed E-state index contributed by atoms with van der Waals surface area (Å²) in [5.41, 5.74) is -0.615. The number of alkyl halides is 3.